The summed E-state index contributed by atoms with van der Waals surface area (Å²) in [6.07, 6.45) is 0. The summed E-state index contributed by atoms with van der Waals surface area (Å²) >= 11 is 10.2. The lowest BCUT2D eigenvalue weighted by Crippen LogP contribution is -2.39. The fourth-order valence-electron chi connectivity index (χ4n) is 1.89. The lowest BCUT2D eigenvalue weighted by molar-refractivity contribution is 0.0949. The number of hydrogen-bond donors (Lipinski definition) is 1. The summed E-state index contributed by atoms with van der Waals surface area (Å²) in [5.41, 5.74) is 0.625. The first-order chi connectivity index (χ1) is 9.16. The first-order valence-corrected chi connectivity index (χ1v) is 8.81. The average molecular weight is 411 g/mol. The molecule has 0 atom stereocenters. The predicted molar refractivity (Wildman–Crippen MR) is 90.3 cm³/mol. The van der Waals surface area contributed by atoms with Gasteiger partial charge in [0.05, 0.1) is 5.02 Å². The Balaban J connectivity index is 1.78. The van der Waals surface area contributed by atoms with E-state index in [1.807, 2.05) is 17.8 Å². The molecular formula is C13H16ClIN2OS. The Hall–Kier alpha value is 0.0200. The number of amides is 1. The first kappa shape index (κ1) is 15.4. The molecule has 0 saturated carbocycles. The zero-order valence-electron chi connectivity index (χ0n) is 10.5. The van der Waals surface area contributed by atoms with E-state index >= 15 is 0 Å². The van der Waals surface area contributed by atoms with Gasteiger partial charge in [-0.15, -0.1) is 0 Å². The van der Waals surface area contributed by atoms with E-state index in [1.54, 1.807) is 12.1 Å². The minimum absolute atomic E-state index is 0.0512. The molecule has 2 rings (SSSR count). The number of thioether (sulfide) groups is 1. The second-order valence-electron chi connectivity index (χ2n) is 4.34. The third-order valence-electron chi connectivity index (χ3n) is 3.00. The van der Waals surface area contributed by atoms with Crippen molar-refractivity contribution >= 4 is 51.9 Å². The van der Waals surface area contributed by atoms with Gasteiger partial charge in [0.15, 0.2) is 0 Å². The quantitative estimate of drug-likeness (QED) is 0.775. The molecule has 104 valence electrons. The van der Waals surface area contributed by atoms with Gasteiger partial charge in [0.2, 0.25) is 0 Å². The summed E-state index contributed by atoms with van der Waals surface area (Å²) in [6, 6.07) is 5.39. The molecule has 1 amide bonds. The molecule has 19 heavy (non-hydrogen) atoms. The van der Waals surface area contributed by atoms with Crippen LogP contribution in [0.1, 0.15) is 10.4 Å². The molecular weight excluding hydrogens is 395 g/mol. The van der Waals surface area contributed by atoms with E-state index in [4.69, 9.17) is 11.6 Å². The summed E-state index contributed by atoms with van der Waals surface area (Å²) < 4.78 is 0.960. The summed E-state index contributed by atoms with van der Waals surface area (Å²) in [5.74, 6) is 2.34. The van der Waals surface area contributed by atoms with Gasteiger partial charge in [0.25, 0.3) is 5.91 Å². The number of nitrogens with one attached hydrogen (secondary N) is 1. The van der Waals surface area contributed by atoms with Crippen LogP contribution in [0.15, 0.2) is 18.2 Å². The van der Waals surface area contributed by atoms with Crippen molar-refractivity contribution in [2.45, 2.75) is 0 Å². The topological polar surface area (TPSA) is 32.3 Å². The van der Waals surface area contributed by atoms with Crippen molar-refractivity contribution in [1.82, 2.24) is 10.2 Å². The highest BCUT2D eigenvalue weighted by molar-refractivity contribution is 14.1. The maximum atomic E-state index is 12.0. The number of carbonyl (C=O) groups is 1. The Morgan fingerprint density at radius 3 is 2.84 bits per heavy atom. The van der Waals surface area contributed by atoms with Crippen LogP contribution in [0, 0.1) is 3.57 Å². The van der Waals surface area contributed by atoms with Crippen molar-refractivity contribution in [1.29, 1.82) is 0 Å². The molecule has 1 saturated heterocycles. The van der Waals surface area contributed by atoms with Crippen LogP contribution in [0.3, 0.4) is 0 Å². The van der Waals surface area contributed by atoms with Gasteiger partial charge in [-0.05, 0) is 40.8 Å². The van der Waals surface area contributed by atoms with Crippen LogP contribution in [-0.4, -0.2) is 48.5 Å². The van der Waals surface area contributed by atoms with E-state index in [-0.39, 0.29) is 5.91 Å². The van der Waals surface area contributed by atoms with E-state index in [0.717, 1.165) is 23.2 Å². The van der Waals surface area contributed by atoms with Gasteiger partial charge < -0.3 is 5.32 Å². The largest absolute Gasteiger partial charge is 0.351 e. The van der Waals surface area contributed by atoms with Crippen LogP contribution in [0.5, 0.6) is 0 Å². The van der Waals surface area contributed by atoms with E-state index in [0.29, 0.717) is 17.1 Å². The molecule has 0 bridgehead atoms. The van der Waals surface area contributed by atoms with Crippen molar-refractivity contribution in [3.05, 3.63) is 32.4 Å². The van der Waals surface area contributed by atoms with E-state index in [9.17, 15) is 4.79 Å². The fourth-order valence-corrected chi connectivity index (χ4v) is 3.39. The zero-order valence-corrected chi connectivity index (χ0v) is 14.2. The first-order valence-electron chi connectivity index (χ1n) is 6.20. The molecule has 1 aromatic carbocycles. The van der Waals surface area contributed by atoms with Crippen molar-refractivity contribution < 1.29 is 4.79 Å². The van der Waals surface area contributed by atoms with Crippen LogP contribution in [0.2, 0.25) is 5.02 Å². The molecule has 6 heteroatoms. The molecule has 0 spiro atoms. The van der Waals surface area contributed by atoms with Crippen LogP contribution in [0.4, 0.5) is 0 Å². The second-order valence-corrected chi connectivity index (χ2v) is 7.13. The van der Waals surface area contributed by atoms with Gasteiger partial charge in [-0.3, -0.25) is 9.69 Å². The van der Waals surface area contributed by atoms with Gasteiger partial charge >= 0.3 is 0 Å². The van der Waals surface area contributed by atoms with Gasteiger partial charge in [-0.2, -0.15) is 11.8 Å². The SMILES string of the molecule is O=C(NCCN1CCSCC1)c1ccc(I)c(Cl)c1. The fraction of sp³-hybridized carbons (Fsp3) is 0.462. The monoisotopic (exact) mass is 410 g/mol. The Morgan fingerprint density at radius 2 is 2.16 bits per heavy atom. The van der Waals surface area contributed by atoms with Gasteiger partial charge in [-0.1, -0.05) is 11.6 Å². The highest BCUT2D eigenvalue weighted by atomic mass is 127. The minimum Gasteiger partial charge on any atom is -0.351 e. The van der Waals surface area contributed by atoms with Gasteiger partial charge in [0.1, 0.15) is 0 Å². The van der Waals surface area contributed by atoms with Gasteiger partial charge in [-0.25, -0.2) is 0 Å². The Labute approximate surface area is 136 Å². The molecule has 1 N–H and O–H groups in total. The van der Waals surface area contributed by atoms with Crippen LogP contribution in [-0.2, 0) is 0 Å². The molecule has 1 aliphatic heterocycles. The maximum Gasteiger partial charge on any atom is 0.251 e. The highest BCUT2D eigenvalue weighted by Crippen LogP contribution is 2.19. The smallest absolute Gasteiger partial charge is 0.251 e. The number of rotatable bonds is 4. The molecule has 0 aromatic heterocycles. The lowest BCUT2D eigenvalue weighted by atomic mass is 10.2. The summed E-state index contributed by atoms with van der Waals surface area (Å²) in [7, 11) is 0. The van der Waals surface area contributed by atoms with Crippen molar-refractivity contribution in [2.24, 2.45) is 0 Å². The maximum absolute atomic E-state index is 12.0. The average Bonchev–Trinajstić information content (AvgIpc) is 2.43. The third kappa shape index (κ3) is 4.81. The Morgan fingerprint density at radius 1 is 1.42 bits per heavy atom. The molecule has 1 heterocycles. The number of nitrogens with zero attached hydrogens (tertiary/aromatic N) is 1. The van der Waals surface area contributed by atoms with E-state index in [1.165, 1.54) is 11.5 Å². The van der Waals surface area contributed by atoms with Crippen LogP contribution >= 0.6 is 46.0 Å². The molecule has 0 aliphatic carbocycles. The van der Waals surface area contributed by atoms with Gasteiger partial charge in [0, 0.05) is 46.8 Å². The van der Waals surface area contributed by atoms with Crippen molar-refractivity contribution in [3.63, 3.8) is 0 Å². The summed E-state index contributed by atoms with van der Waals surface area (Å²) in [5, 5.41) is 3.57. The summed E-state index contributed by atoms with van der Waals surface area (Å²) in [6.45, 7) is 3.85. The molecule has 1 aliphatic rings. The Kier molecular flexibility index (Phi) is 6.25. The highest BCUT2D eigenvalue weighted by Gasteiger charge is 2.11. The summed E-state index contributed by atoms with van der Waals surface area (Å²) in [4.78, 5) is 14.3. The van der Waals surface area contributed by atoms with E-state index < -0.39 is 0 Å². The normalized spacial score (nSPS) is 16.3. The number of carbonyl (C=O) groups excluding carboxylic acids is 1. The van der Waals surface area contributed by atoms with Crippen molar-refractivity contribution in [2.75, 3.05) is 37.7 Å². The van der Waals surface area contributed by atoms with E-state index in [2.05, 4.69) is 32.8 Å². The number of benzene rings is 1. The van der Waals surface area contributed by atoms with Crippen LogP contribution in [0.25, 0.3) is 0 Å². The zero-order chi connectivity index (χ0) is 13.7. The number of hydrogen-bond acceptors (Lipinski definition) is 3. The molecule has 0 radical (unpaired) electrons. The minimum atomic E-state index is -0.0512. The lowest BCUT2D eigenvalue weighted by Gasteiger charge is -2.25. The second kappa shape index (κ2) is 7.71. The predicted octanol–water partition coefficient (Wildman–Crippen LogP) is 2.72. The molecule has 0 unspecified atom stereocenters. The van der Waals surface area contributed by atoms with Crippen LogP contribution < -0.4 is 5.32 Å². The van der Waals surface area contributed by atoms with Crippen molar-refractivity contribution in [3.8, 4) is 0 Å². The number of halogens is 2. The molecule has 3 nitrogen and oxygen atoms in total. The molecule has 1 aromatic rings. The standard InChI is InChI=1S/C13H16ClIN2OS/c14-11-9-10(1-2-12(11)15)13(18)16-3-4-17-5-7-19-8-6-17/h1-2,9H,3-8H2,(H,16,18). The Bertz CT molecular complexity index is 452. The molecule has 1 fully saturated rings. The third-order valence-corrected chi connectivity index (χ3v) is 5.51.